The fraction of sp³-hybridized carbons (Fsp3) is 0.375. The van der Waals surface area contributed by atoms with Crippen LogP contribution < -0.4 is 10.6 Å². The second-order valence-corrected chi connectivity index (χ2v) is 11.8. The predicted octanol–water partition coefficient (Wildman–Crippen LogP) is 4.50. The van der Waals surface area contributed by atoms with E-state index in [4.69, 9.17) is 5.41 Å². The van der Waals surface area contributed by atoms with Gasteiger partial charge in [-0.2, -0.15) is 0 Å². The number of nitrogens with one attached hydrogen (secondary N) is 3. The van der Waals surface area contributed by atoms with E-state index in [0.29, 0.717) is 36.6 Å². The molecule has 43 heavy (non-hydrogen) atoms. The summed E-state index contributed by atoms with van der Waals surface area (Å²) in [6.07, 6.45) is 3.79. The Kier molecular flexibility index (Phi) is 7.33. The number of methoxy groups -OCH3 is 1. The van der Waals surface area contributed by atoms with Gasteiger partial charge >= 0.3 is 6.09 Å². The zero-order valence-electron chi connectivity index (χ0n) is 24.5. The lowest BCUT2D eigenvalue weighted by molar-refractivity contribution is -0.133. The molecule has 11 nitrogen and oxygen atoms in total. The third kappa shape index (κ3) is 5.09. The van der Waals surface area contributed by atoms with Crippen molar-refractivity contribution < 1.29 is 19.1 Å². The average Bonchev–Trinajstić information content (AvgIpc) is 3.69. The zero-order valence-corrected chi connectivity index (χ0v) is 24.5. The highest BCUT2D eigenvalue weighted by Crippen LogP contribution is 2.43. The van der Waals surface area contributed by atoms with E-state index in [2.05, 4.69) is 39.2 Å². The molecule has 3 N–H and O–H groups in total. The Morgan fingerprint density at radius 3 is 2.70 bits per heavy atom. The lowest BCUT2D eigenvalue weighted by Gasteiger charge is -2.30. The van der Waals surface area contributed by atoms with Crippen LogP contribution in [0, 0.1) is 11.3 Å². The van der Waals surface area contributed by atoms with Gasteiger partial charge in [0.2, 0.25) is 5.95 Å². The molecule has 3 aromatic rings. The minimum atomic E-state index is -0.997. The van der Waals surface area contributed by atoms with Gasteiger partial charge < -0.3 is 15.0 Å². The van der Waals surface area contributed by atoms with Crippen molar-refractivity contribution in [3.05, 3.63) is 88.2 Å². The first-order valence-electron chi connectivity index (χ1n) is 14.6. The molecule has 0 radical (unpaired) electrons. The minimum Gasteiger partial charge on any atom is -0.453 e. The fourth-order valence-electron chi connectivity index (χ4n) is 6.32. The van der Waals surface area contributed by atoms with Crippen molar-refractivity contribution in [2.75, 3.05) is 12.4 Å². The number of rotatable bonds is 7. The Balaban J connectivity index is 1.25. The van der Waals surface area contributed by atoms with Crippen LogP contribution in [-0.4, -0.2) is 50.7 Å². The van der Waals surface area contributed by atoms with Crippen molar-refractivity contribution in [1.82, 2.24) is 25.1 Å². The van der Waals surface area contributed by atoms with E-state index in [1.807, 2.05) is 48.5 Å². The number of carbonyl (C=O) groups excluding carboxylic acids is 3. The molecule has 1 fully saturated rings. The summed E-state index contributed by atoms with van der Waals surface area (Å²) in [5.41, 5.74) is 3.83. The molecular weight excluding hydrogens is 546 g/mol. The van der Waals surface area contributed by atoms with Gasteiger partial charge in [-0.05, 0) is 60.4 Å². The number of aryl methyl sites for hydroxylation is 1. The maximum atomic E-state index is 14.3. The molecule has 1 aromatic heterocycles. The highest BCUT2D eigenvalue weighted by molar-refractivity contribution is 6.09. The Morgan fingerprint density at radius 1 is 1.16 bits per heavy atom. The summed E-state index contributed by atoms with van der Waals surface area (Å²) in [4.78, 5) is 51.3. The van der Waals surface area contributed by atoms with E-state index in [1.165, 1.54) is 7.11 Å². The van der Waals surface area contributed by atoms with Crippen LogP contribution in [0.5, 0.6) is 0 Å². The first kappa shape index (κ1) is 28.3. The maximum absolute atomic E-state index is 14.3. The lowest BCUT2D eigenvalue weighted by atomic mass is 9.83. The van der Waals surface area contributed by atoms with Crippen molar-refractivity contribution in [3.63, 3.8) is 0 Å². The highest BCUT2D eigenvalue weighted by atomic mass is 16.5. The largest absolute Gasteiger partial charge is 0.453 e. The van der Waals surface area contributed by atoms with Crippen LogP contribution in [0.2, 0.25) is 0 Å². The molecule has 0 unspecified atom stereocenters. The number of hydrogen-bond acceptors (Lipinski definition) is 7. The standard InChI is InChI=1S/C32H35N7O4/c1-19(2)13-14-32(23-7-5-4-6-8-23)28(41)39(29(33)37-32)26-12-11-20-9-10-21(15-24(20)26)27(40)38-17-22-16-34-30(35-25(22)18-38)36-31(42)43-3/h4-10,15-16,19,26H,11-14,17-18H2,1-3H3,(H2,33,37)(H,34,35,36,42)/t26-,32-/m1/s1. The van der Waals surface area contributed by atoms with E-state index in [-0.39, 0.29) is 36.3 Å². The van der Waals surface area contributed by atoms with E-state index < -0.39 is 11.6 Å². The third-order valence-corrected chi connectivity index (χ3v) is 8.61. The molecule has 1 saturated heterocycles. The molecule has 1 aliphatic carbocycles. The van der Waals surface area contributed by atoms with Crippen LogP contribution in [0.4, 0.5) is 10.7 Å². The van der Waals surface area contributed by atoms with E-state index >= 15 is 0 Å². The smallest absolute Gasteiger partial charge is 0.413 e. The number of benzene rings is 2. The summed E-state index contributed by atoms with van der Waals surface area (Å²) in [7, 11) is 1.26. The number of fused-ring (bicyclic) bond motifs is 2. The Labute approximate surface area is 250 Å². The van der Waals surface area contributed by atoms with E-state index in [0.717, 1.165) is 35.1 Å². The molecule has 6 rings (SSSR count). The number of carbonyl (C=O) groups is 3. The SMILES string of the molecule is COC(=O)Nc1ncc2c(n1)CN(C(=O)c1ccc3c(c1)[C@H](N1C(=N)N[C@](CCC(C)C)(c4ccccc4)C1=O)CC3)C2. The second kappa shape index (κ2) is 11.1. The molecule has 222 valence electrons. The topological polar surface area (TPSA) is 141 Å². The first-order valence-corrected chi connectivity index (χ1v) is 14.6. The average molecular weight is 582 g/mol. The van der Waals surface area contributed by atoms with Gasteiger partial charge in [0.25, 0.3) is 11.8 Å². The van der Waals surface area contributed by atoms with Crippen LogP contribution in [0.25, 0.3) is 0 Å². The molecule has 11 heteroatoms. The zero-order chi connectivity index (χ0) is 30.3. The second-order valence-electron chi connectivity index (χ2n) is 11.8. The number of guanidine groups is 1. The van der Waals surface area contributed by atoms with Crippen LogP contribution in [0.1, 0.15) is 77.5 Å². The van der Waals surface area contributed by atoms with Gasteiger partial charge in [-0.25, -0.2) is 14.8 Å². The van der Waals surface area contributed by atoms with Crippen molar-refractivity contribution in [2.24, 2.45) is 5.92 Å². The summed E-state index contributed by atoms with van der Waals surface area (Å²) in [5.74, 6) is 0.329. The lowest BCUT2D eigenvalue weighted by Crippen LogP contribution is -2.44. The fourth-order valence-corrected chi connectivity index (χ4v) is 6.32. The number of hydrogen-bond donors (Lipinski definition) is 3. The molecule has 0 bridgehead atoms. The summed E-state index contributed by atoms with van der Waals surface area (Å²) in [6, 6.07) is 15.0. The highest BCUT2D eigenvalue weighted by Gasteiger charge is 2.53. The summed E-state index contributed by atoms with van der Waals surface area (Å²) >= 11 is 0. The molecular formula is C32H35N7O4. The summed E-state index contributed by atoms with van der Waals surface area (Å²) in [6.45, 7) is 4.90. The van der Waals surface area contributed by atoms with Gasteiger partial charge in [0, 0.05) is 23.9 Å². The maximum Gasteiger partial charge on any atom is 0.413 e. The molecule has 3 amide bonds. The number of amides is 3. The van der Waals surface area contributed by atoms with E-state index in [1.54, 1.807) is 16.0 Å². The molecule has 2 atom stereocenters. The number of aromatic nitrogens is 2. The predicted molar refractivity (Wildman–Crippen MR) is 159 cm³/mol. The molecule has 0 saturated carbocycles. The van der Waals surface area contributed by atoms with Crippen LogP contribution in [0.3, 0.4) is 0 Å². The molecule has 3 aliphatic rings. The minimum absolute atomic E-state index is 0.0946. The monoisotopic (exact) mass is 581 g/mol. The quantitative estimate of drug-likeness (QED) is 0.373. The van der Waals surface area contributed by atoms with Crippen molar-refractivity contribution in [2.45, 2.75) is 64.2 Å². The molecule has 2 aliphatic heterocycles. The Bertz CT molecular complexity index is 1610. The van der Waals surface area contributed by atoms with Crippen LogP contribution in [0.15, 0.2) is 54.7 Å². The normalized spacial score (nSPS) is 20.7. The van der Waals surface area contributed by atoms with Gasteiger partial charge in [-0.3, -0.25) is 25.2 Å². The van der Waals surface area contributed by atoms with Gasteiger partial charge in [0.15, 0.2) is 5.96 Å². The van der Waals surface area contributed by atoms with Gasteiger partial charge in [-0.1, -0.05) is 50.2 Å². The third-order valence-electron chi connectivity index (χ3n) is 8.61. The van der Waals surface area contributed by atoms with Crippen LogP contribution in [-0.2, 0) is 34.6 Å². The van der Waals surface area contributed by atoms with Crippen LogP contribution >= 0.6 is 0 Å². The molecule has 0 spiro atoms. The number of ether oxygens (including phenoxy) is 1. The van der Waals surface area contributed by atoms with Crippen molar-refractivity contribution in [1.29, 1.82) is 5.41 Å². The Hall–Kier alpha value is -4.80. The Morgan fingerprint density at radius 2 is 1.95 bits per heavy atom. The molecule has 2 aromatic carbocycles. The number of nitrogens with zero attached hydrogens (tertiary/aromatic N) is 4. The van der Waals surface area contributed by atoms with Crippen molar-refractivity contribution in [3.8, 4) is 0 Å². The summed E-state index contributed by atoms with van der Waals surface area (Å²) in [5, 5.41) is 14.7. The summed E-state index contributed by atoms with van der Waals surface area (Å²) < 4.78 is 4.61. The van der Waals surface area contributed by atoms with Gasteiger partial charge in [0.05, 0.1) is 25.4 Å². The van der Waals surface area contributed by atoms with Crippen molar-refractivity contribution >= 4 is 29.8 Å². The first-order chi connectivity index (χ1) is 20.7. The van der Waals surface area contributed by atoms with E-state index in [9.17, 15) is 14.4 Å². The molecule has 3 heterocycles. The number of anilines is 1. The van der Waals surface area contributed by atoms with Gasteiger partial charge in [0.1, 0.15) is 5.54 Å². The van der Waals surface area contributed by atoms with Gasteiger partial charge in [-0.15, -0.1) is 0 Å².